The Bertz CT molecular complexity index is 775. The van der Waals surface area contributed by atoms with Gasteiger partial charge in [-0.3, -0.25) is 30.1 Å². The summed E-state index contributed by atoms with van der Waals surface area (Å²) in [5.41, 5.74) is 4.46. The highest BCUT2D eigenvalue weighted by Gasteiger charge is 2.51. The summed E-state index contributed by atoms with van der Waals surface area (Å²) in [7, 11) is 0. The summed E-state index contributed by atoms with van der Waals surface area (Å²) < 4.78 is 12.8. The number of hydrogen-bond donors (Lipinski definition) is 3. The summed E-state index contributed by atoms with van der Waals surface area (Å²) in [5.74, 6) is -1.45. The summed E-state index contributed by atoms with van der Waals surface area (Å²) in [6.45, 7) is 0.156. The lowest BCUT2D eigenvalue weighted by Crippen LogP contribution is -2.44. The third-order valence-corrected chi connectivity index (χ3v) is 5.11. The summed E-state index contributed by atoms with van der Waals surface area (Å²) >= 11 is 0. The minimum Gasteiger partial charge on any atom is -0.323 e. The van der Waals surface area contributed by atoms with Crippen LogP contribution in [0.5, 0.6) is 0 Å². The second-order valence-electron chi connectivity index (χ2n) is 7.18. The Morgan fingerprint density at radius 1 is 1.07 bits per heavy atom. The number of rotatable bonds is 6. The molecule has 0 aromatic heterocycles. The zero-order valence-electron chi connectivity index (χ0n) is 15.4. The van der Waals surface area contributed by atoms with Crippen LogP contribution in [-0.2, 0) is 20.8 Å². The summed E-state index contributed by atoms with van der Waals surface area (Å²) in [4.78, 5) is 49.3. The molecule has 0 radical (unpaired) electrons. The first-order valence-electron chi connectivity index (χ1n) is 9.36. The predicted octanol–water partition coefficient (Wildman–Crippen LogP) is 1.16. The maximum absolute atomic E-state index is 12.8. The highest BCUT2D eigenvalue weighted by Crippen LogP contribution is 2.35. The molecule has 1 saturated carbocycles. The molecule has 28 heavy (non-hydrogen) atoms. The van der Waals surface area contributed by atoms with Crippen LogP contribution in [0.2, 0.25) is 0 Å². The van der Waals surface area contributed by atoms with Crippen molar-refractivity contribution >= 4 is 23.8 Å². The number of hydrazine groups is 1. The summed E-state index contributed by atoms with van der Waals surface area (Å²) in [6.07, 6.45) is 3.52. The van der Waals surface area contributed by atoms with Gasteiger partial charge in [-0.25, -0.2) is 9.18 Å². The van der Waals surface area contributed by atoms with E-state index in [2.05, 4.69) is 16.2 Å². The number of nitrogens with zero attached hydrogens (tertiary/aromatic N) is 1. The number of imide groups is 1. The minimum atomic E-state index is -0.742. The maximum Gasteiger partial charge on any atom is 0.325 e. The van der Waals surface area contributed by atoms with E-state index in [-0.39, 0.29) is 31.1 Å². The Morgan fingerprint density at radius 2 is 1.71 bits per heavy atom. The van der Waals surface area contributed by atoms with Gasteiger partial charge in [0.25, 0.3) is 5.91 Å². The molecule has 1 heterocycles. The van der Waals surface area contributed by atoms with Crippen molar-refractivity contribution in [3.8, 4) is 0 Å². The molecular formula is C19H23FN4O4. The number of urea groups is 1. The summed E-state index contributed by atoms with van der Waals surface area (Å²) in [5, 5.41) is 2.79. The number of benzene rings is 1. The van der Waals surface area contributed by atoms with E-state index in [9.17, 15) is 23.6 Å². The van der Waals surface area contributed by atoms with Crippen LogP contribution in [0.1, 0.15) is 44.1 Å². The second-order valence-corrected chi connectivity index (χ2v) is 7.18. The number of carbonyl (C=O) groups is 4. The minimum absolute atomic E-state index is 0.00505. The third kappa shape index (κ3) is 4.47. The van der Waals surface area contributed by atoms with Crippen LogP contribution < -0.4 is 16.2 Å². The van der Waals surface area contributed by atoms with E-state index in [1.165, 1.54) is 29.2 Å². The fraction of sp³-hybridized carbons (Fsp3) is 0.474. The fourth-order valence-corrected chi connectivity index (χ4v) is 3.63. The van der Waals surface area contributed by atoms with Gasteiger partial charge < -0.3 is 5.32 Å². The van der Waals surface area contributed by atoms with Gasteiger partial charge in [-0.05, 0) is 37.0 Å². The van der Waals surface area contributed by atoms with Gasteiger partial charge >= 0.3 is 6.03 Å². The first-order chi connectivity index (χ1) is 13.4. The van der Waals surface area contributed by atoms with Crippen LogP contribution >= 0.6 is 0 Å². The molecule has 1 saturated heterocycles. The monoisotopic (exact) mass is 390 g/mol. The van der Waals surface area contributed by atoms with Gasteiger partial charge in [0, 0.05) is 13.0 Å². The number of halogens is 1. The lowest BCUT2D eigenvalue weighted by atomic mass is 9.98. The topological polar surface area (TPSA) is 108 Å². The highest BCUT2D eigenvalue weighted by atomic mass is 19.1. The number of amides is 5. The van der Waals surface area contributed by atoms with Gasteiger partial charge in [0.1, 0.15) is 11.4 Å². The molecule has 2 aliphatic rings. The van der Waals surface area contributed by atoms with Crippen molar-refractivity contribution in [1.29, 1.82) is 0 Å². The normalized spacial score (nSPS) is 17.7. The van der Waals surface area contributed by atoms with Gasteiger partial charge in [-0.2, -0.15) is 0 Å². The molecule has 1 aliphatic heterocycles. The molecule has 150 valence electrons. The molecule has 3 rings (SSSR count). The molecule has 1 aromatic rings. The zero-order valence-corrected chi connectivity index (χ0v) is 15.4. The average Bonchev–Trinajstić information content (AvgIpc) is 3.22. The van der Waals surface area contributed by atoms with Gasteiger partial charge in [-0.15, -0.1) is 0 Å². The SMILES string of the molecule is O=C(CCCN1C(=O)NC2(CCCC2)C1=O)NNC(=O)Cc1ccc(F)cc1. The van der Waals surface area contributed by atoms with Crippen molar-refractivity contribution < 1.29 is 23.6 Å². The van der Waals surface area contributed by atoms with E-state index in [4.69, 9.17) is 0 Å². The first kappa shape index (κ1) is 19.8. The van der Waals surface area contributed by atoms with E-state index in [0.29, 0.717) is 24.8 Å². The predicted molar refractivity (Wildman–Crippen MR) is 97.1 cm³/mol. The van der Waals surface area contributed by atoms with Crippen molar-refractivity contribution in [2.24, 2.45) is 0 Å². The molecule has 0 atom stereocenters. The Balaban J connectivity index is 1.36. The second kappa shape index (κ2) is 8.37. The van der Waals surface area contributed by atoms with Crippen LogP contribution in [0, 0.1) is 5.82 Å². The van der Waals surface area contributed by atoms with Gasteiger partial charge in [0.05, 0.1) is 6.42 Å². The van der Waals surface area contributed by atoms with E-state index in [1.807, 2.05) is 0 Å². The first-order valence-corrected chi connectivity index (χ1v) is 9.36. The van der Waals surface area contributed by atoms with E-state index >= 15 is 0 Å². The molecule has 8 nitrogen and oxygen atoms in total. The molecule has 5 amide bonds. The van der Waals surface area contributed by atoms with Crippen molar-refractivity contribution in [1.82, 2.24) is 21.1 Å². The molecule has 1 spiro atoms. The van der Waals surface area contributed by atoms with E-state index in [0.717, 1.165) is 12.8 Å². The third-order valence-electron chi connectivity index (χ3n) is 5.11. The van der Waals surface area contributed by atoms with Crippen LogP contribution in [0.4, 0.5) is 9.18 Å². The Hall–Kier alpha value is -2.97. The van der Waals surface area contributed by atoms with Crippen molar-refractivity contribution in [2.45, 2.75) is 50.5 Å². The largest absolute Gasteiger partial charge is 0.325 e. The van der Waals surface area contributed by atoms with E-state index in [1.54, 1.807) is 0 Å². The van der Waals surface area contributed by atoms with Crippen molar-refractivity contribution in [3.63, 3.8) is 0 Å². The molecule has 1 aliphatic carbocycles. The quantitative estimate of drug-likeness (QED) is 0.500. The lowest BCUT2D eigenvalue weighted by Gasteiger charge is -2.19. The standard InChI is InChI=1S/C19H23FN4O4/c20-14-7-5-13(6-8-14)12-16(26)23-22-15(25)4-3-11-24-17(27)19(21-18(24)28)9-1-2-10-19/h5-8H,1-4,9-12H2,(H,21,28)(H,22,25)(H,23,26). The van der Waals surface area contributed by atoms with Gasteiger partial charge in [0.2, 0.25) is 11.8 Å². The molecular weight excluding hydrogens is 367 g/mol. The molecule has 0 unspecified atom stereocenters. The summed E-state index contributed by atoms with van der Waals surface area (Å²) in [6, 6.07) is 5.09. The average molecular weight is 390 g/mol. The molecule has 0 bridgehead atoms. The molecule has 3 N–H and O–H groups in total. The number of carbonyl (C=O) groups excluding carboxylic acids is 4. The van der Waals surface area contributed by atoms with Crippen LogP contribution in [-0.4, -0.2) is 40.7 Å². The lowest BCUT2D eigenvalue weighted by molar-refractivity contribution is -0.131. The highest BCUT2D eigenvalue weighted by molar-refractivity contribution is 6.07. The Morgan fingerprint density at radius 3 is 2.39 bits per heavy atom. The molecule has 1 aromatic carbocycles. The maximum atomic E-state index is 12.8. The zero-order chi connectivity index (χ0) is 20.1. The van der Waals surface area contributed by atoms with Gasteiger partial charge in [0.15, 0.2) is 0 Å². The van der Waals surface area contributed by atoms with Crippen molar-refractivity contribution in [3.05, 3.63) is 35.6 Å². The Labute approximate surface area is 161 Å². The van der Waals surface area contributed by atoms with Crippen molar-refractivity contribution in [2.75, 3.05) is 6.54 Å². The Kier molecular flexibility index (Phi) is 5.91. The fourth-order valence-electron chi connectivity index (χ4n) is 3.63. The molecule has 2 fully saturated rings. The van der Waals surface area contributed by atoms with Gasteiger partial charge in [-0.1, -0.05) is 25.0 Å². The van der Waals surface area contributed by atoms with Crippen LogP contribution in [0.25, 0.3) is 0 Å². The van der Waals surface area contributed by atoms with Crippen LogP contribution in [0.3, 0.4) is 0 Å². The number of hydrogen-bond acceptors (Lipinski definition) is 4. The smallest absolute Gasteiger partial charge is 0.323 e. The van der Waals surface area contributed by atoms with Crippen LogP contribution in [0.15, 0.2) is 24.3 Å². The molecule has 9 heteroatoms. The van der Waals surface area contributed by atoms with E-state index < -0.39 is 23.4 Å². The number of nitrogens with one attached hydrogen (secondary N) is 3.